The van der Waals surface area contributed by atoms with Gasteiger partial charge >= 0.3 is 0 Å². The quantitative estimate of drug-likeness (QED) is 0.818. The number of nitrogens with zero attached hydrogens (tertiary/aromatic N) is 1. The summed E-state index contributed by atoms with van der Waals surface area (Å²) in [5.74, 6) is 3.60. The first-order valence-corrected chi connectivity index (χ1v) is 7.45. The molecule has 0 bridgehead atoms. The van der Waals surface area contributed by atoms with E-state index in [4.69, 9.17) is 0 Å². The number of hydrogen-bond acceptors (Lipinski definition) is 4. The molecule has 1 aliphatic rings. The molecular formula is C11H16N2S2. The van der Waals surface area contributed by atoms with E-state index in [2.05, 4.69) is 29.4 Å². The van der Waals surface area contributed by atoms with Gasteiger partial charge in [-0.3, -0.25) is 0 Å². The zero-order chi connectivity index (χ0) is 10.5. The normalized spacial score (nSPS) is 20.5. The summed E-state index contributed by atoms with van der Waals surface area (Å²) in [7, 11) is 0. The van der Waals surface area contributed by atoms with E-state index in [0.717, 1.165) is 16.5 Å². The maximum absolute atomic E-state index is 4.40. The van der Waals surface area contributed by atoms with E-state index >= 15 is 0 Å². The molecule has 1 saturated heterocycles. The summed E-state index contributed by atoms with van der Waals surface area (Å²) < 4.78 is 0. The van der Waals surface area contributed by atoms with E-state index in [-0.39, 0.29) is 0 Å². The van der Waals surface area contributed by atoms with Crippen molar-refractivity contribution in [2.45, 2.75) is 24.4 Å². The second kappa shape index (κ2) is 5.66. The molecule has 1 aromatic heterocycles. The van der Waals surface area contributed by atoms with E-state index in [1.54, 1.807) is 11.8 Å². The van der Waals surface area contributed by atoms with Crippen LogP contribution in [0.1, 0.15) is 13.3 Å². The molecular weight excluding hydrogens is 224 g/mol. The number of rotatable bonds is 4. The summed E-state index contributed by atoms with van der Waals surface area (Å²) in [6.45, 7) is 2.15. The molecule has 0 spiro atoms. The molecule has 1 fully saturated rings. The predicted octanol–water partition coefficient (Wildman–Crippen LogP) is 3.11. The molecule has 0 aromatic carbocycles. The van der Waals surface area contributed by atoms with Crippen LogP contribution >= 0.6 is 23.5 Å². The zero-order valence-electron chi connectivity index (χ0n) is 8.90. The van der Waals surface area contributed by atoms with Crippen molar-refractivity contribution in [2.24, 2.45) is 0 Å². The van der Waals surface area contributed by atoms with E-state index < -0.39 is 0 Å². The molecule has 15 heavy (non-hydrogen) atoms. The lowest BCUT2D eigenvalue weighted by atomic mass is 10.2. The van der Waals surface area contributed by atoms with Crippen LogP contribution in [0.25, 0.3) is 0 Å². The largest absolute Gasteiger partial charge is 0.380 e. The lowest BCUT2D eigenvalue weighted by molar-refractivity contribution is 0.811. The summed E-state index contributed by atoms with van der Waals surface area (Å²) in [6.07, 6.45) is 3.22. The van der Waals surface area contributed by atoms with Gasteiger partial charge in [-0.15, -0.1) is 11.8 Å². The summed E-state index contributed by atoms with van der Waals surface area (Å²) in [5.41, 5.74) is 1.16. The lowest BCUT2D eigenvalue weighted by Crippen LogP contribution is -2.17. The van der Waals surface area contributed by atoms with E-state index in [1.165, 1.54) is 17.9 Å². The minimum absolute atomic E-state index is 0.640. The fourth-order valence-electron chi connectivity index (χ4n) is 1.58. The molecule has 1 unspecified atom stereocenters. The van der Waals surface area contributed by atoms with Crippen molar-refractivity contribution in [1.29, 1.82) is 0 Å². The Kier molecular flexibility index (Phi) is 4.20. The van der Waals surface area contributed by atoms with Crippen LogP contribution in [-0.2, 0) is 0 Å². The molecule has 1 aromatic rings. The van der Waals surface area contributed by atoms with Gasteiger partial charge in [-0.05, 0) is 30.1 Å². The predicted molar refractivity (Wildman–Crippen MR) is 70.0 cm³/mol. The van der Waals surface area contributed by atoms with E-state index in [9.17, 15) is 0 Å². The Morgan fingerprint density at radius 3 is 3.13 bits per heavy atom. The van der Waals surface area contributed by atoms with Crippen molar-refractivity contribution in [1.82, 2.24) is 4.98 Å². The second-order valence-electron chi connectivity index (χ2n) is 3.52. The highest BCUT2D eigenvalue weighted by molar-refractivity contribution is 7.99. The molecule has 2 rings (SSSR count). The number of hydrogen-bond donors (Lipinski definition) is 1. The maximum Gasteiger partial charge on any atom is 0.0961 e. The monoisotopic (exact) mass is 240 g/mol. The SMILES string of the molecule is CCSc1ccc(NC2CCSC2)cn1. The summed E-state index contributed by atoms with van der Waals surface area (Å²) >= 11 is 3.81. The smallest absolute Gasteiger partial charge is 0.0961 e. The van der Waals surface area contributed by atoms with Gasteiger partial charge in [0.05, 0.1) is 16.9 Å². The number of pyridine rings is 1. The Morgan fingerprint density at radius 1 is 1.60 bits per heavy atom. The van der Waals surface area contributed by atoms with Gasteiger partial charge < -0.3 is 5.32 Å². The van der Waals surface area contributed by atoms with Crippen LogP contribution in [0.3, 0.4) is 0 Å². The number of aromatic nitrogens is 1. The Hall–Kier alpha value is -0.350. The van der Waals surface area contributed by atoms with Crippen LogP contribution in [-0.4, -0.2) is 28.3 Å². The number of anilines is 1. The second-order valence-corrected chi connectivity index (χ2v) is 5.96. The van der Waals surface area contributed by atoms with Gasteiger partial charge in [0, 0.05) is 11.8 Å². The van der Waals surface area contributed by atoms with Crippen LogP contribution in [0.4, 0.5) is 5.69 Å². The van der Waals surface area contributed by atoms with Crippen molar-refractivity contribution < 1.29 is 0 Å². The summed E-state index contributed by atoms with van der Waals surface area (Å²) in [4.78, 5) is 4.40. The van der Waals surface area contributed by atoms with E-state index in [0.29, 0.717) is 6.04 Å². The first-order chi connectivity index (χ1) is 7.38. The molecule has 82 valence electrons. The van der Waals surface area contributed by atoms with Gasteiger partial charge in [-0.1, -0.05) is 6.92 Å². The molecule has 4 heteroatoms. The third-order valence-corrected chi connectivity index (χ3v) is 4.32. The van der Waals surface area contributed by atoms with Gasteiger partial charge in [0.25, 0.3) is 0 Å². The third kappa shape index (κ3) is 3.31. The molecule has 1 aliphatic heterocycles. The van der Waals surface area contributed by atoms with Crippen molar-refractivity contribution in [3.05, 3.63) is 18.3 Å². The zero-order valence-corrected chi connectivity index (χ0v) is 10.5. The van der Waals surface area contributed by atoms with Crippen molar-refractivity contribution in [2.75, 3.05) is 22.6 Å². The highest BCUT2D eigenvalue weighted by Crippen LogP contribution is 2.22. The summed E-state index contributed by atoms with van der Waals surface area (Å²) in [5, 5.41) is 4.63. The molecule has 2 nitrogen and oxygen atoms in total. The average Bonchev–Trinajstić information content (AvgIpc) is 2.74. The Morgan fingerprint density at radius 2 is 2.53 bits per heavy atom. The highest BCUT2D eigenvalue weighted by Gasteiger charge is 2.14. The van der Waals surface area contributed by atoms with Crippen LogP contribution in [0.5, 0.6) is 0 Å². The molecule has 0 amide bonds. The molecule has 2 heterocycles. The van der Waals surface area contributed by atoms with Gasteiger partial charge in [-0.2, -0.15) is 11.8 Å². The van der Waals surface area contributed by atoms with Crippen molar-refractivity contribution >= 4 is 29.2 Å². The van der Waals surface area contributed by atoms with Gasteiger partial charge in [0.1, 0.15) is 0 Å². The maximum atomic E-state index is 4.40. The molecule has 1 N–H and O–H groups in total. The van der Waals surface area contributed by atoms with Crippen LogP contribution in [0.15, 0.2) is 23.4 Å². The molecule has 0 aliphatic carbocycles. The topological polar surface area (TPSA) is 24.9 Å². The molecule has 1 atom stereocenters. The van der Waals surface area contributed by atoms with Crippen LogP contribution in [0, 0.1) is 0 Å². The van der Waals surface area contributed by atoms with Crippen LogP contribution < -0.4 is 5.32 Å². The fourth-order valence-corrected chi connectivity index (χ4v) is 3.32. The standard InChI is InChI=1S/C11H16N2S2/c1-2-15-11-4-3-9(7-12-11)13-10-5-6-14-8-10/h3-4,7,10,13H,2,5-6,8H2,1H3. The first kappa shape index (κ1) is 11.1. The minimum atomic E-state index is 0.640. The Labute approximate surface area is 99.6 Å². The first-order valence-electron chi connectivity index (χ1n) is 5.31. The minimum Gasteiger partial charge on any atom is -0.380 e. The van der Waals surface area contributed by atoms with Gasteiger partial charge in [-0.25, -0.2) is 4.98 Å². The van der Waals surface area contributed by atoms with Gasteiger partial charge in [0.2, 0.25) is 0 Å². The van der Waals surface area contributed by atoms with Crippen molar-refractivity contribution in [3.8, 4) is 0 Å². The third-order valence-electron chi connectivity index (χ3n) is 2.33. The number of nitrogens with one attached hydrogen (secondary N) is 1. The van der Waals surface area contributed by atoms with Gasteiger partial charge in [0.15, 0.2) is 0 Å². The van der Waals surface area contributed by atoms with Crippen LogP contribution in [0.2, 0.25) is 0 Å². The molecule has 0 radical (unpaired) electrons. The van der Waals surface area contributed by atoms with E-state index in [1.807, 2.05) is 18.0 Å². The number of thioether (sulfide) groups is 2. The Bertz CT molecular complexity index is 294. The lowest BCUT2D eigenvalue weighted by Gasteiger charge is -2.12. The highest BCUT2D eigenvalue weighted by atomic mass is 32.2. The Balaban J connectivity index is 1.91. The average molecular weight is 240 g/mol. The van der Waals surface area contributed by atoms with Crippen molar-refractivity contribution in [3.63, 3.8) is 0 Å². The molecule has 0 saturated carbocycles. The summed E-state index contributed by atoms with van der Waals surface area (Å²) in [6, 6.07) is 4.87. The fraction of sp³-hybridized carbons (Fsp3) is 0.545.